The Balaban J connectivity index is 1.15. The molecule has 2 saturated carbocycles. The zero-order valence-electron chi connectivity index (χ0n) is 20.0. The molecule has 0 saturated heterocycles. The van der Waals surface area contributed by atoms with Crippen molar-refractivity contribution in [2.45, 2.75) is 56.9 Å². The molecule has 3 N–H and O–H groups in total. The van der Waals surface area contributed by atoms with Crippen LogP contribution in [0, 0.1) is 11.3 Å². The third kappa shape index (κ3) is 4.17. The fourth-order valence-corrected chi connectivity index (χ4v) is 6.17. The van der Waals surface area contributed by atoms with Crippen LogP contribution >= 0.6 is 0 Å². The maximum absolute atomic E-state index is 12.9. The SMILES string of the molecule is CCC(CNC(=O)OCC1c2ccccc2-c2ccccc21)C(=O)NC1(C(=O)O)CC2(CCC2)C1. The highest BCUT2D eigenvalue weighted by Crippen LogP contribution is 2.60. The number of benzene rings is 2. The monoisotopic (exact) mass is 476 g/mol. The summed E-state index contributed by atoms with van der Waals surface area (Å²) in [6, 6.07) is 16.3. The van der Waals surface area contributed by atoms with E-state index in [1.54, 1.807) is 0 Å². The van der Waals surface area contributed by atoms with Crippen LogP contribution < -0.4 is 10.6 Å². The first-order valence-electron chi connectivity index (χ1n) is 12.5. The maximum Gasteiger partial charge on any atom is 0.407 e. The lowest BCUT2D eigenvalue weighted by atomic mass is 9.48. The van der Waals surface area contributed by atoms with Crippen molar-refractivity contribution in [3.63, 3.8) is 0 Å². The molecule has 2 aromatic carbocycles. The van der Waals surface area contributed by atoms with Crippen molar-refractivity contribution in [3.8, 4) is 11.1 Å². The molecule has 184 valence electrons. The Morgan fingerprint density at radius 3 is 2.14 bits per heavy atom. The lowest BCUT2D eigenvalue weighted by molar-refractivity contribution is -0.166. The first-order valence-corrected chi connectivity index (χ1v) is 12.5. The first-order chi connectivity index (χ1) is 16.9. The van der Waals surface area contributed by atoms with Crippen LogP contribution in [0.1, 0.15) is 62.5 Å². The van der Waals surface area contributed by atoms with Gasteiger partial charge < -0.3 is 20.5 Å². The summed E-state index contributed by atoms with van der Waals surface area (Å²) in [5, 5.41) is 15.3. The standard InChI is InChI=1S/C28H32N2O5/c1-2-18(24(31)30-28(25(32)33)16-27(17-28)12-7-13-27)14-29-26(34)35-15-23-21-10-5-3-8-19(21)20-9-4-6-11-22(20)23/h3-6,8-11,18,23H,2,7,12-17H2,1H3,(H,29,34)(H,30,31)(H,32,33). The van der Waals surface area contributed by atoms with Crippen LogP contribution in [0.25, 0.3) is 11.1 Å². The molecule has 7 nitrogen and oxygen atoms in total. The zero-order chi connectivity index (χ0) is 24.6. The number of hydrogen-bond acceptors (Lipinski definition) is 4. The number of amides is 2. The summed E-state index contributed by atoms with van der Waals surface area (Å²) in [4.78, 5) is 37.3. The minimum atomic E-state index is -1.17. The molecule has 5 rings (SSSR count). The van der Waals surface area contributed by atoms with Gasteiger partial charge in [-0.3, -0.25) is 4.79 Å². The Hall–Kier alpha value is -3.35. The van der Waals surface area contributed by atoms with Crippen LogP contribution in [0.3, 0.4) is 0 Å². The summed E-state index contributed by atoms with van der Waals surface area (Å²) in [7, 11) is 0. The molecule has 2 amide bonds. The second-order valence-electron chi connectivity index (χ2n) is 10.4. The maximum atomic E-state index is 12.9. The first kappa shape index (κ1) is 23.4. The summed E-state index contributed by atoms with van der Waals surface area (Å²) >= 11 is 0. The fourth-order valence-electron chi connectivity index (χ4n) is 6.17. The highest BCUT2D eigenvalue weighted by molar-refractivity contribution is 5.89. The number of hydrogen-bond donors (Lipinski definition) is 3. The second-order valence-corrected chi connectivity index (χ2v) is 10.4. The van der Waals surface area contributed by atoms with Crippen molar-refractivity contribution < 1.29 is 24.2 Å². The van der Waals surface area contributed by atoms with Crippen molar-refractivity contribution in [1.82, 2.24) is 10.6 Å². The quantitative estimate of drug-likeness (QED) is 0.522. The number of carbonyl (C=O) groups excluding carboxylic acids is 2. The molecule has 3 aliphatic rings. The van der Waals surface area contributed by atoms with Gasteiger partial charge in [0.1, 0.15) is 12.1 Å². The number of aliphatic carboxylic acids is 1. The van der Waals surface area contributed by atoms with E-state index in [1.165, 1.54) is 0 Å². The van der Waals surface area contributed by atoms with E-state index in [-0.39, 0.29) is 30.4 Å². The van der Waals surface area contributed by atoms with Crippen LogP contribution in [-0.2, 0) is 14.3 Å². The van der Waals surface area contributed by atoms with Crippen molar-refractivity contribution in [2.24, 2.45) is 11.3 Å². The van der Waals surface area contributed by atoms with Crippen LogP contribution in [0.5, 0.6) is 0 Å². The zero-order valence-corrected chi connectivity index (χ0v) is 20.0. The molecule has 7 heteroatoms. The molecule has 35 heavy (non-hydrogen) atoms. The number of nitrogens with one attached hydrogen (secondary N) is 2. The summed E-state index contributed by atoms with van der Waals surface area (Å²) in [5.41, 5.74) is 3.52. The molecule has 0 bridgehead atoms. The van der Waals surface area contributed by atoms with Crippen LogP contribution in [0.15, 0.2) is 48.5 Å². The topological polar surface area (TPSA) is 105 Å². The number of rotatable bonds is 8. The Bertz CT molecular complexity index is 1100. The number of ether oxygens (including phenoxy) is 1. The van der Waals surface area contributed by atoms with Gasteiger partial charge in [-0.15, -0.1) is 0 Å². The molecule has 3 aliphatic carbocycles. The molecule has 0 heterocycles. The van der Waals surface area contributed by atoms with E-state index in [1.807, 2.05) is 31.2 Å². The van der Waals surface area contributed by atoms with Crippen molar-refractivity contribution in [2.75, 3.05) is 13.2 Å². The van der Waals surface area contributed by atoms with Gasteiger partial charge in [-0.05, 0) is 59.8 Å². The van der Waals surface area contributed by atoms with Crippen LogP contribution in [-0.4, -0.2) is 41.8 Å². The Morgan fingerprint density at radius 2 is 1.63 bits per heavy atom. The van der Waals surface area contributed by atoms with E-state index < -0.39 is 23.5 Å². The van der Waals surface area contributed by atoms with Gasteiger partial charge in [0, 0.05) is 12.5 Å². The van der Waals surface area contributed by atoms with E-state index in [9.17, 15) is 19.5 Å². The summed E-state index contributed by atoms with van der Waals surface area (Å²) in [5.74, 6) is -1.86. The number of fused-ring (bicyclic) bond motifs is 3. The van der Waals surface area contributed by atoms with E-state index in [4.69, 9.17) is 4.74 Å². The van der Waals surface area contributed by atoms with Crippen molar-refractivity contribution in [3.05, 3.63) is 59.7 Å². The number of alkyl carbamates (subject to hydrolysis) is 1. The average molecular weight is 477 g/mol. The Kier molecular flexibility index (Phi) is 6.03. The third-order valence-corrected chi connectivity index (χ3v) is 8.24. The largest absolute Gasteiger partial charge is 0.480 e. The summed E-state index contributed by atoms with van der Waals surface area (Å²) < 4.78 is 5.56. The van der Waals surface area contributed by atoms with E-state index in [0.717, 1.165) is 41.5 Å². The summed E-state index contributed by atoms with van der Waals surface area (Å²) in [6.07, 6.45) is 4.11. The third-order valence-electron chi connectivity index (χ3n) is 8.24. The number of carboxylic acid groups (broad SMARTS) is 1. The molecule has 1 unspecified atom stereocenters. The molecular weight excluding hydrogens is 444 g/mol. The second kappa shape index (κ2) is 9.02. The molecule has 1 atom stereocenters. The highest BCUT2D eigenvalue weighted by Gasteiger charge is 2.62. The highest BCUT2D eigenvalue weighted by atomic mass is 16.5. The van der Waals surface area contributed by atoms with E-state index in [0.29, 0.717) is 19.3 Å². The smallest absolute Gasteiger partial charge is 0.407 e. The number of carbonyl (C=O) groups is 3. The molecule has 0 aromatic heterocycles. The normalized spacial score (nSPS) is 19.5. The van der Waals surface area contributed by atoms with Gasteiger partial charge in [0.25, 0.3) is 0 Å². The van der Waals surface area contributed by atoms with Crippen LogP contribution in [0.4, 0.5) is 4.79 Å². The molecular formula is C28H32N2O5. The van der Waals surface area contributed by atoms with Gasteiger partial charge in [-0.1, -0.05) is 61.9 Å². The van der Waals surface area contributed by atoms with Gasteiger partial charge in [-0.25, -0.2) is 9.59 Å². The van der Waals surface area contributed by atoms with Gasteiger partial charge in [-0.2, -0.15) is 0 Å². The van der Waals surface area contributed by atoms with Crippen molar-refractivity contribution in [1.29, 1.82) is 0 Å². The minimum absolute atomic E-state index is 0.0358. The van der Waals surface area contributed by atoms with E-state index in [2.05, 4.69) is 34.9 Å². The van der Waals surface area contributed by atoms with Crippen molar-refractivity contribution >= 4 is 18.0 Å². The molecule has 2 fully saturated rings. The Labute approximate surface area is 205 Å². The van der Waals surface area contributed by atoms with Gasteiger partial charge in [0.15, 0.2) is 0 Å². The average Bonchev–Trinajstić information content (AvgIpc) is 3.12. The van der Waals surface area contributed by atoms with Gasteiger partial charge >= 0.3 is 12.1 Å². The van der Waals surface area contributed by atoms with Gasteiger partial charge in [0.05, 0.1) is 5.92 Å². The van der Waals surface area contributed by atoms with E-state index >= 15 is 0 Å². The van der Waals surface area contributed by atoms with Gasteiger partial charge in [0.2, 0.25) is 5.91 Å². The molecule has 0 aliphatic heterocycles. The molecule has 1 spiro atoms. The Morgan fingerprint density at radius 1 is 1.03 bits per heavy atom. The molecule has 2 aromatic rings. The lowest BCUT2D eigenvalue weighted by Gasteiger charge is -2.59. The summed E-state index contributed by atoms with van der Waals surface area (Å²) in [6.45, 7) is 2.15. The predicted molar refractivity (Wildman–Crippen MR) is 131 cm³/mol. The number of carboxylic acids is 1. The lowest BCUT2D eigenvalue weighted by Crippen LogP contribution is -2.68. The molecule has 0 radical (unpaired) electrons. The predicted octanol–water partition coefficient (Wildman–Crippen LogP) is 4.46. The van der Waals surface area contributed by atoms with Crippen LogP contribution in [0.2, 0.25) is 0 Å². The minimum Gasteiger partial charge on any atom is -0.480 e. The fraction of sp³-hybridized carbons (Fsp3) is 0.464.